The third-order valence-corrected chi connectivity index (χ3v) is 4.40. The highest BCUT2D eigenvalue weighted by Gasteiger charge is 2.49. The van der Waals surface area contributed by atoms with Gasteiger partial charge in [-0.15, -0.1) is 0 Å². The van der Waals surface area contributed by atoms with E-state index in [0.29, 0.717) is 11.4 Å². The maximum atomic E-state index is 13.1. The molecule has 144 valence electrons. The summed E-state index contributed by atoms with van der Waals surface area (Å²) in [6, 6.07) is 14.7. The molecule has 0 spiro atoms. The Morgan fingerprint density at radius 1 is 1.14 bits per heavy atom. The maximum Gasteiger partial charge on any atom is 0.336 e. The molecule has 0 radical (unpaired) electrons. The molecule has 0 fully saturated rings. The number of nitrogens with zero attached hydrogens (tertiary/aromatic N) is 1. The minimum atomic E-state index is -1.34. The number of carbonyl (C=O) groups is 3. The molecule has 1 heterocycles. The standard InChI is InChI=1S/C21H20N2O5/c1-3-28-20(27)21(2)13-17(18(24)23(21)16-10-5-4-6-11-16)22-15-9-7-8-14(12-15)19(25)26/h4-13,22H,3H2,1-2H3,(H,25,26)/p-1/t21-/m0/s1. The zero-order chi connectivity index (χ0) is 20.3. The summed E-state index contributed by atoms with van der Waals surface area (Å²) in [4.78, 5) is 38.2. The molecule has 28 heavy (non-hydrogen) atoms. The predicted molar refractivity (Wildman–Crippen MR) is 101 cm³/mol. The Morgan fingerprint density at radius 3 is 2.50 bits per heavy atom. The molecular formula is C21H19N2O5-. The van der Waals surface area contributed by atoms with Gasteiger partial charge in [0.05, 0.1) is 12.6 Å². The zero-order valence-electron chi connectivity index (χ0n) is 15.5. The molecule has 1 aliphatic rings. The number of carboxylic acids is 1. The van der Waals surface area contributed by atoms with E-state index in [2.05, 4.69) is 5.32 Å². The number of rotatable bonds is 6. The van der Waals surface area contributed by atoms with E-state index in [0.717, 1.165) is 0 Å². The van der Waals surface area contributed by atoms with Crippen LogP contribution in [0.4, 0.5) is 11.4 Å². The zero-order valence-corrected chi connectivity index (χ0v) is 15.5. The first-order chi connectivity index (χ1) is 13.4. The molecule has 7 heteroatoms. The fraction of sp³-hybridized carbons (Fsp3) is 0.190. The van der Waals surface area contributed by atoms with Gasteiger partial charge in [0, 0.05) is 11.4 Å². The van der Waals surface area contributed by atoms with Crippen molar-refractivity contribution in [2.75, 3.05) is 16.8 Å². The number of ether oxygens (including phenoxy) is 1. The van der Waals surface area contributed by atoms with Crippen molar-refractivity contribution in [3.05, 3.63) is 71.9 Å². The van der Waals surface area contributed by atoms with Crippen molar-refractivity contribution in [2.24, 2.45) is 0 Å². The van der Waals surface area contributed by atoms with E-state index in [4.69, 9.17) is 4.74 Å². The van der Waals surface area contributed by atoms with Crippen LogP contribution in [0.1, 0.15) is 24.2 Å². The number of nitrogens with one attached hydrogen (secondary N) is 1. The Labute approximate surface area is 162 Å². The lowest BCUT2D eigenvalue weighted by Crippen LogP contribution is -2.51. The van der Waals surface area contributed by atoms with Crippen molar-refractivity contribution in [2.45, 2.75) is 19.4 Å². The Hall–Kier alpha value is -3.61. The van der Waals surface area contributed by atoms with Gasteiger partial charge < -0.3 is 20.0 Å². The molecule has 2 aromatic carbocycles. The van der Waals surface area contributed by atoms with Gasteiger partial charge in [-0.2, -0.15) is 0 Å². The second kappa shape index (κ2) is 7.56. The number of aromatic carboxylic acids is 1. The van der Waals surface area contributed by atoms with Crippen molar-refractivity contribution >= 4 is 29.2 Å². The predicted octanol–water partition coefficient (Wildman–Crippen LogP) is 1.71. The Balaban J connectivity index is 2.00. The molecule has 0 saturated carbocycles. The van der Waals surface area contributed by atoms with Gasteiger partial charge in [0.25, 0.3) is 5.91 Å². The number of carbonyl (C=O) groups excluding carboxylic acids is 3. The average Bonchev–Trinajstić information content (AvgIpc) is 2.94. The highest BCUT2D eigenvalue weighted by Crippen LogP contribution is 2.35. The topological polar surface area (TPSA) is 98.8 Å². The number of esters is 1. The van der Waals surface area contributed by atoms with E-state index in [1.807, 2.05) is 6.07 Å². The number of hydrogen-bond donors (Lipinski definition) is 1. The normalized spacial score (nSPS) is 18.6. The van der Waals surface area contributed by atoms with Gasteiger partial charge in [-0.1, -0.05) is 30.3 Å². The summed E-state index contributed by atoms with van der Waals surface area (Å²) >= 11 is 0. The van der Waals surface area contributed by atoms with Gasteiger partial charge >= 0.3 is 5.97 Å². The van der Waals surface area contributed by atoms with E-state index in [1.165, 1.54) is 29.2 Å². The van der Waals surface area contributed by atoms with Crippen molar-refractivity contribution in [1.29, 1.82) is 0 Å². The van der Waals surface area contributed by atoms with Crippen molar-refractivity contribution < 1.29 is 24.2 Å². The molecule has 1 amide bonds. The molecule has 1 atom stereocenters. The summed E-state index contributed by atoms with van der Waals surface area (Å²) in [6.07, 6.45) is 1.49. The smallest absolute Gasteiger partial charge is 0.336 e. The number of carboxylic acid groups (broad SMARTS) is 1. The summed E-state index contributed by atoms with van der Waals surface area (Å²) in [7, 11) is 0. The molecule has 1 aliphatic heterocycles. The molecule has 0 aromatic heterocycles. The first kappa shape index (κ1) is 19.2. The lowest BCUT2D eigenvalue weighted by molar-refractivity contribution is -0.255. The van der Waals surface area contributed by atoms with Crippen LogP contribution in [0, 0.1) is 0 Å². The van der Waals surface area contributed by atoms with Crippen LogP contribution in [0.5, 0.6) is 0 Å². The quantitative estimate of drug-likeness (QED) is 0.768. The Morgan fingerprint density at radius 2 is 1.86 bits per heavy atom. The molecule has 7 nitrogen and oxygen atoms in total. The second-order valence-corrected chi connectivity index (χ2v) is 6.40. The molecule has 0 aliphatic carbocycles. The highest BCUT2D eigenvalue weighted by atomic mass is 16.5. The van der Waals surface area contributed by atoms with Gasteiger partial charge in [0.1, 0.15) is 5.70 Å². The number of benzene rings is 2. The molecule has 1 N–H and O–H groups in total. The summed E-state index contributed by atoms with van der Waals surface area (Å²) in [5.41, 5.74) is -0.288. The first-order valence-electron chi connectivity index (χ1n) is 8.75. The summed E-state index contributed by atoms with van der Waals surface area (Å²) in [5.74, 6) is -2.31. The summed E-state index contributed by atoms with van der Waals surface area (Å²) in [5, 5.41) is 14.0. The Kier molecular flexibility index (Phi) is 5.17. The average molecular weight is 379 g/mol. The van der Waals surface area contributed by atoms with Gasteiger partial charge in [-0.05, 0) is 49.8 Å². The number of anilines is 2. The lowest BCUT2D eigenvalue weighted by Gasteiger charge is -2.32. The van der Waals surface area contributed by atoms with Crippen LogP contribution in [0.2, 0.25) is 0 Å². The van der Waals surface area contributed by atoms with E-state index < -0.39 is 23.4 Å². The van der Waals surface area contributed by atoms with Crippen LogP contribution < -0.4 is 15.3 Å². The molecule has 2 aromatic rings. The fourth-order valence-electron chi connectivity index (χ4n) is 3.10. The minimum Gasteiger partial charge on any atom is -0.545 e. The molecule has 3 rings (SSSR count). The van der Waals surface area contributed by atoms with Gasteiger partial charge in [0.15, 0.2) is 5.54 Å². The van der Waals surface area contributed by atoms with Crippen LogP contribution in [0.25, 0.3) is 0 Å². The second-order valence-electron chi connectivity index (χ2n) is 6.40. The fourth-order valence-corrected chi connectivity index (χ4v) is 3.10. The van der Waals surface area contributed by atoms with Crippen molar-refractivity contribution in [3.8, 4) is 0 Å². The van der Waals surface area contributed by atoms with E-state index in [1.54, 1.807) is 44.2 Å². The van der Waals surface area contributed by atoms with Crippen LogP contribution in [0.3, 0.4) is 0 Å². The number of hydrogen-bond acceptors (Lipinski definition) is 6. The first-order valence-corrected chi connectivity index (χ1v) is 8.75. The van der Waals surface area contributed by atoms with Crippen LogP contribution in [-0.2, 0) is 14.3 Å². The van der Waals surface area contributed by atoms with Crippen LogP contribution >= 0.6 is 0 Å². The monoisotopic (exact) mass is 379 g/mol. The van der Waals surface area contributed by atoms with Crippen molar-refractivity contribution in [3.63, 3.8) is 0 Å². The summed E-state index contributed by atoms with van der Waals surface area (Å²) in [6.45, 7) is 3.47. The molecule has 0 bridgehead atoms. The molecule has 0 saturated heterocycles. The third-order valence-electron chi connectivity index (χ3n) is 4.40. The molecule has 0 unspecified atom stereocenters. The van der Waals surface area contributed by atoms with Gasteiger partial charge in [0.2, 0.25) is 0 Å². The van der Waals surface area contributed by atoms with E-state index in [-0.39, 0.29) is 17.9 Å². The van der Waals surface area contributed by atoms with Crippen molar-refractivity contribution in [1.82, 2.24) is 0 Å². The van der Waals surface area contributed by atoms with Gasteiger partial charge in [-0.25, -0.2) is 4.79 Å². The van der Waals surface area contributed by atoms with Crippen LogP contribution in [0.15, 0.2) is 66.4 Å². The lowest BCUT2D eigenvalue weighted by atomic mass is 10.0. The van der Waals surface area contributed by atoms with E-state index >= 15 is 0 Å². The maximum absolute atomic E-state index is 13.1. The third kappa shape index (κ3) is 3.46. The number of amides is 1. The van der Waals surface area contributed by atoms with Gasteiger partial charge in [-0.3, -0.25) is 9.69 Å². The molecular weight excluding hydrogens is 360 g/mol. The van der Waals surface area contributed by atoms with E-state index in [9.17, 15) is 19.5 Å². The minimum absolute atomic E-state index is 0.0240. The highest BCUT2D eigenvalue weighted by molar-refractivity contribution is 6.16. The summed E-state index contributed by atoms with van der Waals surface area (Å²) < 4.78 is 5.19. The largest absolute Gasteiger partial charge is 0.545 e. The van der Waals surface area contributed by atoms with Crippen LogP contribution in [-0.4, -0.2) is 30.0 Å². The Bertz CT molecular complexity index is 954. The number of para-hydroxylation sites is 1. The SMILES string of the molecule is CCOC(=O)[C@]1(C)C=C(Nc2cccc(C(=O)[O-])c2)C(=O)N1c1ccccc1.